The van der Waals surface area contributed by atoms with Crippen molar-refractivity contribution in [2.24, 2.45) is 5.92 Å². The summed E-state index contributed by atoms with van der Waals surface area (Å²) in [6.45, 7) is 3.77. The number of anilines is 1. The van der Waals surface area contributed by atoms with Crippen LogP contribution in [0.4, 0.5) is 5.69 Å². The first-order valence-electron chi connectivity index (χ1n) is 7.85. The summed E-state index contributed by atoms with van der Waals surface area (Å²) in [6.07, 6.45) is 0.878. The Bertz CT molecular complexity index is 616. The molecule has 1 unspecified atom stereocenters. The minimum atomic E-state index is -0.997. The van der Waals surface area contributed by atoms with E-state index < -0.39 is 11.9 Å². The van der Waals surface area contributed by atoms with Crippen molar-refractivity contribution in [3.05, 3.63) is 29.3 Å². The van der Waals surface area contributed by atoms with Crippen molar-refractivity contribution in [3.8, 4) is 0 Å². The molecule has 1 aliphatic heterocycles. The van der Waals surface area contributed by atoms with Crippen LogP contribution in [0.25, 0.3) is 0 Å². The number of esters is 2. The zero-order chi connectivity index (χ0) is 17.7. The summed E-state index contributed by atoms with van der Waals surface area (Å²) in [5, 5.41) is 0.612. The van der Waals surface area contributed by atoms with Gasteiger partial charge in [-0.1, -0.05) is 11.6 Å². The zero-order valence-corrected chi connectivity index (χ0v) is 14.4. The number of ether oxygens (including phenoxy) is 2. The molecule has 0 saturated carbocycles. The van der Waals surface area contributed by atoms with Gasteiger partial charge in [0, 0.05) is 23.2 Å². The number of halogens is 1. The molecular formula is C17H20ClNO5. The SMILES string of the molecule is CCOC(=O)C(=O)OCCC1CC(=O)N(c2ccc(Cl)cc2)[C@H]1C. The molecule has 6 nitrogen and oxygen atoms in total. The molecule has 1 amide bonds. The summed E-state index contributed by atoms with van der Waals surface area (Å²) in [4.78, 5) is 36.6. The molecule has 1 heterocycles. The van der Waals surface area contributed by atoms with Crippen LogP contribution in [0.1, 0.15) is 26.7 Å². The Hall–Kier alpha value is -2.08. The number of hydrogen-bond donors (Lipinski definition) is 0. The van der Waals surface area contributed by atoms with Crippen molar-refractivity contribution < 1.29 is 23.9 Å². The van der Waals surface area contributed by atoms with Gasteiger partial charge >= 0.3 is 11.9 Å². The fraction of sp³-hybridized carbons (Fsp3) is 0.471. The highest BCUT2D eigenvalue weighted by atomic mass is 35.5. The van der Waals surface area contributed by atoms with Crippen LogP contribution in [0.2, 0.25) is 5.02 Å². The monoisotopic (exact) mass is 353 g/mol. The average Bonchev–Trinajstić information content (AvgIpc) is 2.83. The van der Waals surface area contributed by atoms with Gasteiger partial charge < -0.3 is 14.4 Å². The molecule has 0 aliphatic carbocycles. The number of nitrogens with zero attached hydrogens (tertiary/aromatic N) is 1. The van der Waals surface area contributed by atoms with Crippen molar-refractivity contribution in [1.29, 1.82) is 0 Å². The van der Waals surface area contributed by atoms with Crippen LogP contribution in [-0.4, -0.2) is 37.1 Å². The lowest BCUT2D eigenvalue weighted by atomic mass is 9.98. The molecule has 0 bridgehead atoms. The van der Waals surface area contributed by atoms with Gasteiger partial charge in [-0.15, -0.1) is 0 Å². The first kappa shape index (κ1) is 18.3. The van der Waals surface area contributed by atoms with E-state index in [9.17, 15) is 14.4 Å². The van der Waals surface area contributed by atoms with Crippen LogP contribution < -0.4 is 4.90 Å². The van der Waals surface area contributed by atoms with Crippen molar-refractivity contribution in [3.63, 3.8) is 0 Å². The molecule has 1 aromatic carbocycles. The molecule has 2 rings (SSSR count). The Kier molecular flexibility index (Phi) is 6.20. The molecule has 1 fully saturated rings. The molecule has 1 aromatic rings. The number of carbonyl (C=O) groups excluding carboxylic acids is 3. The average molecular weight is 354 g/mol. The normalized spacial score (nSPS) is 20.1. The van der Waals surface area contributed by atoms with E-state index in [1.807, 2.05) is 6.92 Å². The Labute approximate surface area is 145 Å². The third kappa shape index (κ3) is 4.26. The summed E-state index contributed by atoms with van der Waals surface area (Å²) < 4.78 is 9.46. The predicted octanol–water partition coefficient (Wildman–Crippen LogP) is 2.58. The van der Waals surface area contributed by atoms with Gasteiger partial charge in [-0.2, -0.15) is 0 Å². The van der Waals surface area contributed by atoms with Gasteiger partial charge in [0.1, 0.15) is 0 Å². The van der Waals surface area contributed by atoms with E-state index in [1.54, 1.807) is 36.1 Å². The van der Waals surface area contributed by atoms with Gasteiger partial charge in [0.2, 0.25) is 5.91 Å². The number of carbonyl (C=O) groups is 3. The van der Waals surface area contributed by atoms with Crippen molar-refractivity contribution in [1.82, 2.24) is 0 Å². The van der Waals surface area contributed by atoms with E-state index in [4.69, 9.17) is 16.3 Å². The number of benzene rings is 1. The van der Waals surface area contributed by atoms with Gasteiger partial charge in [0.05, 0.1) is 13.2 Å². The summed E-state index contributed by atoms with van der Waals surface area (Å²) in [6, 6.07) is 7.07. The second kappa shape index (κ2) is 8.15. The zero-order valence-electron chi connectivity index (χ0n) is 13.7. The molecule has 7 heteroatoms. The fourth-order valence-corrected chi connectivity index (χ4v) is 2.93. The standard InChI is InChI=1S/C17H20ClNO5/c1-3-23-16(21)17(22)24-9-8-12-10-15(20)19(11(12)2)14-6-4-13(18)5-7-14/h4-7,11-12H,3,8-10H2,1-2H3/t11-,12?/m0/s1. The van der Waals surface area contributed by atoms with Gasteiger partial charge in [-0.3, -0.25) is 4.79 Å². The first-order chi connectivity index (χ1) is 11.4. The predicted molar refractivity (Wildman–Crippen MR) is 88.7 cm³/mol. The highest BCUT2D eigenvalue weighted by molar-refractivity contribution is 6.30. The summed E-state index contributed by atoms with van der Waals surface area (Å²) in [5.74, 6) is -1.92. The van der Waals surface area contributed by atoms with Crippen LogP contribution in [0.5, 0.6) is 0 Å². The molecule has 0 aromatic heterocycles. The van der Waals surface area contributed by atoms with E-state index in [0.717, 1.165) is 5.69 Å². The third-order valence-electron chi connectivity index (χ3n) is 4.06. The molecule has 24 heavy (non-hydrogen) atoms. The van der Waals surface area contributed by atoms with Gasteiger partial charge in [-0.05, 0) is 50.5 Å². The number of hydrogen-bond acceptors (Lipinski definition) is 5. The summed E-state index contributed by atoms with van der Waals surface area (Å²) in [5.41, 5.74) is 0.794. The van der Waals surface area contributed by atoms with Crippen LogP contribution >= 0.6 is 11.6 Å². The lowest BCUT2D eigenvalue weighted by Crippen LogP contribution is -2.33. The highest BCUT2D eigenvalue weighted by Crippen LogP contribution is 2.33. The van der Waals surface area contributed by atoms with E-state index in [0.29, 0.717) is 17.9 Å². The van der Waals surface area contributed by atoms with E-state index in [2.05, 4.69) is 4.74 Å². The van der Waals surface area contributed by atoms with Gasteiger partial charge in [0.25, 0.3) is 0 Å². The van der Waals surface area contributed by atoms with Crippen molar-refractivity contribution >= 4 is 35.1 Å². The lowest BCUT2D eigenvalue weighted by molar-refractivity contribution is -0.167. The second-order valence-corrected chi connectivity index (χ2v) is 6.03. The topological polar surface area (TPSA) is 72.9 Å². The maximum atomic E-state index is 12.3. The van der Waals surface area contributed by atoms with Gasteiger partial charge in [0.15, 0.2) is 0 Å². The Morgan fingerprint density at radius 3 is 2.46 bits per heavy atom. The molecule has 2 atom stereocenters. The fourth-order valence-electron chi connectivity index (χ4n) is 2.81. The summed E-state index contributed by atoms with van der Waals surface area (Å²) in [7, 11) is 0. The number of amides is 1. The van der Waals surface area contributed by atoms with Crippen molar-refractivity contribution in [2.45, 2.75) is 32.7 Å². The molecule has 0 N–H and O–H groups in total. The highest BCUT2D eigenvalue weighted by Gasteiger charge is 2.37. The van der Waals surface area contributed by atoms with E-state index >= 15 is 0 Å². The van der Waals surface area contributed by atoms with E-state index in [1.165, 1.54) is 0 Å². The van der Waals surface area contributed by atoms with Crippen LogP contribution in [0, 0.1) is 5.92 Å². The molecule has 0 radical (unpaired) electrons. The molecule has 0 spiro atoms. The second-order valence-electron chi connectivity index (χ2n) is 5.59. The minimum absolute atomic E-state index is 0.0199. The molecule has 1 saturated heterocycles. The maximum absolute atomic E-state index is 12.3. The van der Waals surface area contributed by atoms with Crippen LogP contribution in [-0.2, 0) is 23.9 Å². The maximum Gasteiger partial charge on any atom is 0.417 e. The summed E-state index contributed by atoms with van der Waals surface area (Å²) >= 11 is 5.88. The minimum Gasteiger partial charge on any atom is -0.458 e. The smallest absolute Gasteiger partial charge is 0.417 e. The largest absolute Gasteiger partial charge is 0.458 e. The van der Waals surface area contributed by atoms with Crippen LogP contribution in [0.3, 0.4) is 0 Å². The van der Waals surface area contributed by atoms with Crippen LogP contribution in [0.15, 0.2) is 24.3 Å². The molecular weight excluding hydrogens is 334 g/mol. The Morgan fingerprint density at radius 1 is 1.21 bits per heavy atom. The first-order valence-corrected chi connectivity index (χ1v) is 8.23. The molecule has 130 valence electrons. The van der Waals surface area contributed by atoms with Gasteiger partial charge in [-0.25, -0.2) is 9.59 Å². The quantitative estimate of drug-likeness (QED) is 0.601. The lowest BCUT2D eigenvalue weighted by Gasteiger charge is -2.25. The third-order valence-corrected chi connectivity index (χ3v) is 4.32. The number of rotatable bonds is 5. The Morgan fingerprint density at radius 2 is 1.83 bits per heavy atom. The van der Waals surface area contributed by atoms with Crippen molar-refractivity contribution in [2.75, 3.05) is 18.1 Å². The Balaban J connectivity index is 1.89. The molecule has 1 aliphatic rings. The van der Waals surface area contributed by atoms with E-state index in [-0.39, 0.29) is 31.1 Å².